The predicted octanol–water partition coefficient (Wildman–Crippen LogP) is 4.37. The van der Waals surface area contributed by atoms with Crippen LogP contribution in [0.15, 0.2) is 48.5 Å². The summed E-state index contributed by atoms with van der Waals surface area (Å²) in [4.78, 5) is 12.7. The maximum atomic E-state index is 12.7. The molecular weight excluding hydrogens is 404 g/mol. The summed E-state index contributed by atoms with van der Waals surface area (Å²) < 4.78 is 35.8. The molecule has 0 saturated heterocycles. The van der Waals surface area contributed by atoms with Crippen LogP contribution in [0.4, 0.5) is 8.78 Å². The van der Waals surface area contributed by atoms with Crippen LogP contribution >= 0.6 is 11.6 Å². The fourth-order valence-corrected chi connectivity index (χ4v) is 3.14. The van der Waals surface area contributed by atoms with Gasteiger partial charge in [0, 0.05) is 6.54 Å². The molecule has 0 bridgehead atoms. The number of hydrogen-bond donors (Lipinski definition) is 1. The third-order valence-electron chi connectivity index (χ3n) is 4.13. The Balaban J connectivity index is 1.76. The van der Waals surface area contributed by atoms with Gasteiger partial charge in [-0.3, -0.25) is 4.79 Å². The van der Waals surface area contributed by atoms with Gasteiger partial charge in [0.05, 0.1) is 24.1 Å². The second-order valence-corrected chi connectivity index (χ2v) is 6.40. The zero-order valence-electron chi connectivity index (χ0n) is 15.7. The minimum atomic E-state index is -2.96. The minimum absolute atomic E-state index is 0.0828. The summed E-state index contributed by atoms with van der Waals surface area (Å²) in [6, 6.07) is 13.6. The van der Waals surface area contributed by atoms with E-state index in [1.165, 1.54) is 23.9 Å². The first-order valence-corrected chi connectivity index (χ1v) is 8.99. The average Bonchev–Trinajstić information content (AvgIpc) is 3.01. The van der Waals surface area contributed by atoms with Crippen molar-refractivity contribution >= 4 is 17.5 Å². The number of aryl methyl sites for hydroxylation is 1. The van der Waals surface area contributed by atoms with Gasteiger partial charge in [0.2, 0.25) is 0 Å². The van der Waals surface area contributed by atoms with E-state index in [1.54, 1.807) is 13.0 Å². The van der Waals surface area contributed by atoms with Gasteiger partial charge in [-0.05, 0) is 36.8 Å². The van der Waals surface area contributed by atoms with Crippen LogP contribution in [0, 0.1) is 6.92 Å². The molecule has 152 valence electrons. The Kier molecular flexibility index (Phi) is 6.33. The summed E-state index contributed by atoms with van der Waals surface area (Å²) >= 11 is 6.39. The topological polar surface area (TPSA) is 65.4 Å². The van der Waals surface area contributed by atoms with Gasteiger partial charge < -0.3 is 14.8 Å². The van der Waals surface area contributed by atoms with Crippen LogP contribution < -0.4 is 14.8 Å². The van der Waals surface area contributed by atoms with Gasteiger partial charge in [-0.2, -0.15) is 13.9 Å². The normalized spacial score (nSPS) is 10.8. The highest BCUT2D eigenvalue weighted by Gasteiger charge is 2.21. The van der Waals surface area contributed by atoms with Crippen molar-refractivity contribution in [3.05, 3.63) is 70.5 Å². The van der Waals surface area contributed by atoms with E-state index in [0.29, 0.717) is 11.3 Å². The molecule has 0 spiro atoms. The highest BCUT2D eigenvalue weighted by Crippen LogP contribution is 2.29. The van der Waals surface area contributed by atoms with Crippen molar-refractivity contribution in [2.24, 2.45) is 0 Å². The van der Waals surface area contributed by atoms with Gasteiger partial charge in [-0.15, -0.1) is 0 Å². The lowest BCUT2D eigenvalue weighted by Gasteiger charge is -2.12. The average molecular weight is 422 g/mol. The number of carbonyl (C=O) groups is 1. The largest absolute Gasteiger partial charge is 0.493 e. The first-order chi connectivity index (χ1) is 13.9. The standard InChI is InChI=1S/C20H18ClF2N3O3/c1-12-17(18(21)26(25-12)14-6-4-3-5-7-14)19(27)24-11-13-8-9-15(29-20(22)23)16(10-13)28-2/h3-10,20H,11H2,1-2H3,(H,24,27). The number of hydrogen-bond acceptors (Lipinski definition) is 4. The lowest BCUT2D eigenvalue weighted by Crippen LogP contribution is -2.23. The molecule has 29 heavy (non-hydrogen) atoms. The summed E-state index contributed by atoms with van der Waals surface area (Å²) in [5.74, 6) is -0.342. The molecule has 3 rings (SSSR count). The smallest absolute Gasteiger partial charge is 0.387 e. The Labute approximate surface area is 171 Å². The molecule has 1 N–H and O–H groups in total. The van der Waals surface area contributed by atoms with Crippen LogP contribution in [0.3, 0.4) is 0 Å². The summed E-state index contributed by atoms with van der Waals surface area (Å²) in [5.41, 5.74) is 2.12. The third kappa shape index (κ3) is 4.65. The van der Waals surface area contributed by atoms with Crippen molar-refractivity contribution in [3.63, 3.8) is 0 Å². The molecule has 2 aromatic carbocycles. The monoisotopic (exact) mass is 421 g/mol. The number of alkyl halides is 2. The first kappa shape index (κ1) is 20.6. The van der Waals surface area contributed by atoms with E-state index in [2.05, 4.69) is 15.2 Å². The lowest BCUT2D eigenvalue weighted by molar-refractivity contribution is -0.0512. The highest BCUT2D eigenvalue weighted by molar-refractivity contribution is 6.33. The quantitative estimate of drug-likeness (QED) is 0.615. The maximum absolute atomic E-state index is 12.7. The molecular formula is C20H18ClF2N3O3. The molecule has 0 unspecified atom stereocenters. The van der Waals surface area contributed by atoms with Crippen molar-refractivity contribution in [1.82, 2.24) is 15.1 Å². The second kappa shape index (κ2) is 8.91. The number of methoxy groups -OCH3 is 1. The fourth-order valence-electron chi connectivity index (χ4n) is 2.78. The molecule has 6 nitrogen and oxygen atoms in total. The van der Waals surface area contributed by atoms with Gasteiger partial charge in [0.1, 0.15) is 5.15 Å². The van der Waals surface area contributed by atoms with E-state index in [0.717, 1.165) is 5.69 Å². The number of nitrogens with one attached hydrogen (secondary N) is 1. The van der Waals surface area contributed by atoms with E-state index >= 15 is 0 Å². The number of halogens is 3. The minimum Gasteiger partial charge on any atom is -0.493 e. The molecule has 0 aliphatic rings. The number of aromatic nitrogens is 2. The molecule has 0 atom stereocenters. The van der Waals surface area contributed by atoms with E-state index < -0.39 is 12.5 Å². The van der Waals surface area contributed by atoms with Crippen LogP contribution in [0.1, 0.15) is 21.6 Å². The molecule has 0 radical (unpaired) electrons. The number of ether oxygens (including phenoxy) is 2. The zero-order chi connectivity index (χ0) is 21.0. The van der Waals surface area contributed by atoms with Gasteiger partial charge in [-0.25, -0.2) is 4.68 Å². The Hall–Kier alpha value is -3.13. The number of benzene rings is 2. The van der Waals surface area contributed by atoms with Gasteiger partial charge in [0.15, 0.2) is 11.5 Å². The molecule has 9 heteroatoms. The van der Waals surface area contributed by atoms with Gasteiger partial charge >= 0.3 is 6.61 Å². The SMILES string of the molecule is COc1cc(CNC(=O)c2c(C)nn(-c3ccccc3)c2Cl)ccc1OC(F)F. The molecule has 1 heterocycles. The summed E-state index contributed by atoms with van der Waals surface area (Å²) in [6.07, 6.45) is 0. The van der Waals surface area contributed by atoms with Crippen molar-refractivity contribution in [2.75, 3.05) is 7.11 Å². The Bertz CT molecular complexity index is 1010. The molecule has 0 aliphatic heterocycles. The summed E-state index contributed by atoms with van der Waals surface area (Å²) in [6.45, 7) is -1.13. The number of nitrogens with zero attached hydrogens (tertiary/aromatic N) is 2. The van der Waals surface area contributed by atoms with Crippen molar-refractivity contribution in [2.45, 2.75) is 20.1 Å². The fraction of sp³-hybridized carbons (Fsp3) is 0.200. The van der Waals surface area contributed by atoms with Crippen molar-refractivity contribution in [3.8, 4) is 17.2 Å². The third-order valence-corrected chi connectivity index (χ3v) is 4.48. The Morgan fingerprint density at radius 1 is 1.21 bits per heavy atom. The number of carbonyl (C=O) groups excluding carboxylic acids is 1. The van der Waals surface area contributed by atoms with Crippen LogP contribution in [-0.4, -0.2) is 29.4 Å². The van der Waals surface area contributed by atoms with Crippen LogP contribution in [0.25, 0.3) is 5.69 Å². The van der Waals surface area contributed by atoms with E-state index in [9.17, 15) is 13.6 Å². The summed E-state index contributed by atoms with van der Waals surface area (Å²) in [5, 5.41) is 7.29. The van der Waals surface area contributed by atoms with Gasteiger partial charge in [0.25, 0.3) is 5.91 Å². The number of rotatable bonds is 7. The molecule has 0 aliphatic carbocycles. The molecule has 0 saturated carbocycles. The van der Waals surface area contributed by atoms with Crippen LogP contribution in [0.5, 0.6) is 11.5 Å². The predicted molar refractivity (Wildman–Crippen MR) is 104 cm³/mol. The summed E-state index contributed by atoms with van der Waals surface area (Å²) in [7, 11) is 1.34. The molecule has 0 fully saturated rings. The Morgan fingerprint density at radius 3 is 2.59 bits per heavy atom. The first-order valence-electron chi connectivity index (χ1n) is 8.61. The van der Waals surface area contributed by atoms with E-state index in [-0.39, 0.29) is 28.8 Å². The van der Waals surface area contributed by atoms with Gasteiger partial charge in [-0.1, -0.05) is 35.9 Å². The van der Waals surface area contributed by atoms with Crippen LogP contribution in [-0.2, 0) is 6.54 Å². The highest BCUT2D eigenvalue weighted by atomic mass is 35.5. The number of amides is 1. The van der Waals surface area contributed by atoms with Crippen molar-refractivity contribution in [1.29, 1.82) is 0 Å². The molecule has 1 aromatic heterocycles. The van der Waals surface area contributed by atoms with Crippen molar-refractivity contribution < 1.29 is 23.0 Å². The van der Waals surface area contributed by atoms with E-state index in [4.69, 9.17) is 16.3 Å². The zero-order valence-corrected chi connectivity index (χ0v) is 16.4. The maximum Gasteiger partial charge on any atom is 0.387 e. The molecule has 3 aromatic rings. The number of para-hydroxylation sites is 1. The molecule has 1 amide bonds. The van der Waals surface area contributed by atoms with Crippen LogP contribution in [0.2, 0.25) is 5.15 Å². The second-order valence-electron chi connectivity index (χ2n) is 6.04. The van der Waals surface area contributed by atoms with E-state index in [1.807, 2.05) is 30.3 Å². The lowest BCUT2D eigenvalue weighted by atomic mass is 10.2. The Morgan fingerprint density at radius 2 is 1.93 bits per heavy atom.